The van der Waals surface area contributed by atoms with Gasteiger partial charge in [0.25, 0.3) is 0 Å². The van der Waals surface area contributed by atoms with E-state index in [9.17, 15) is 4.79 Å². The van der Waals surface area contributed by atoms with Crippen LogP contribution in [0.3, 0.4) is 0 Å². The summed E-state index contributed by atoms with van der Waals surface area (Å²) in [6, 6.07) is 0. The van der Waals surface area contributed by atoms with Gasteiger partial charge in [-0.3, -0.25) is 0 Å². The zero-order valence-electron chi connectivity index (χ0n) is 8.82. The average molecular weight is 209 g/mol. The molecule has 0 aromatic carbocycles. The second-order valence-electron chi connectivity index (χ2n) is 4.15. The van der Waals surface area contributed by atoms with Crippen LogP contribution in [-0.4, -0.2) is 16.2 Å². The normalized spacial score (nSPS) is 17.9. The fraction of sp³-hybridized carbons (Fsp3) is 0.636. The van der Waals surface area contributed by atoms with Crippen LogP contribution in [0.15, 0.2) is 4.52 Å². The van der Waals surface area contributed by atoms with Crippen molar-refractivity contribution in [3.63, 3.8) is 0 Å². The minimum Gasteiger partial charge on any atom is -0.477 e. The predicted octanol–water partition coefficient (Wildman–Crippen LogP) is 2.73. The van der Waals surface area contributed by atoms with E-state index < -0.39 is 5.97 Å². The molecule has 0 spiro atoms. The van der Waals surface area contributed by atoms with Crippen molar-refractivity contribution < 1.29 is 14.4 Å². The zero-order chi connectivity index (χ0) is 10.8. The summed E-state index contributed by atoms with van der Waals surface area (Å²) in [6.07, 6.45) is 5.60. The van der Waals surface area contributed by atoms with Gasteiger partial charge in [0.1, 0.15) is 5.56 Å². The van der Waals surface area contributed by atoms with Gasteiger partial charge >= 0.3 is 5.97 Å². The summed E-state index contributed by atoms with van der Waals surface area (Å²) in [7, 11) is 0. The molecule has 1 aromatic rings. The van der Waals surface area contributed by atoms with Gasteiger partial charge in [0, 0.05) is 5.92 Å². The Bertz CT molecular complexity index is 364. The van der Waals surface area contributed by atoms with Crippen LogP contribution in [0.5, 0.6) is 0 Å². The van der Waals surface area contributed by atoms with Gasteiger partial charge in [-0.05, 0) is 19.8 Å². The van der Waals surface area contributed by atoms with E-state index in [-0.39, 0.29) is 11.5 Å². The molecule has 0 aliphatic heterocycles. The first-order valence-corrected chi connectivity index (χ1v) is 5.39. The number of carboxylic acids is 1. The lowest BCUT2D eigenvalue weighted by atomic mass is 9.86. The Balaban J connectivity index is 2.30. The van der Waals surface area contributed by atoms with Crippen LogP contribution in [-0.2, 0) is 0 Å². The summed E-state index contributed by atoms with van der Waals surface area (Å²) in [5.41, 5.74) is 0.768. The van der Waals surface area contributed by atoms with Crippen molar-refractivity contribution in [2.24, 2.45) is 0 Å². The number of hydrogen-bond acceptors (Lipinski definition) is 3. The lowest BCUT2D eigenvalue weighted by Crippen LogP contribution is -2.09. The van der Waals surface area contributed by atoms with E-state index >= 15 is 0 Å². The molecule has 0 bridgehead atoms. The van der Waals surface area contributed by atoms with Crippen molar-refractivity contribution in [1.82, 2.24) is 5.16 Å². The molecule has 1 aliphatic carbocycles. The van der Waals surface area contributed by atoms with Crippen LogP contribution in [0.4, 0.5) is 0 Å². The maximum atomic E-state index is 11.0. The lowest BCUT2D eigenvalue weighted by molar-refractivity contribution is 0.0692. The molecule has 4 heteroatoms. The molecule has 1 fully saturated rings. The van der Waals surface area contributed by atoms with Gasteiger partial charge < -0.3 is 9.63 Å². The monoisotopic (exact) mass is 209 g/mol. The smallest absolute Gasteiger partial charge is 0.341 e. The van der Waals surface area contributed by atoms with Crippen LogP contribution < -0.4 is 0 Å². The first-order valence-electron chi connectivity index (χ1n) is 5.39. The number of aromatic nitrogens is 1. The average Bonchev–Trinajstić information content (AvgIpc) is 2.61. The molecule has 0 amide bonds. The van der Waals surface area contributed by atoms with E-state index in [0.29, 0.717) is 11.5 Å². The summed E-state index contributed by atoms with van der Waals surface area (Å²) in [6.45, 7) is 1.68. The highest BCUT2D eigenvalue weighted by atomic mass is 16.5. The van der Waals surface area contributed by atoms with E-state index in [2.05, 4.69) is 5.16 Å². The van der Waals surface area contributed by atoms with E-state index in [0.717, 1.165) is 25.7 Å². The summed E-state index contributed by atoms with van der Waals surface area (Å²) >= 11 is 0. The highest BCUT2D eigenvalue weighted by Crippen LogP contribution is 2.35. The van der Waals surface area contributed by atoms with Gasteiger partial charge in [-0.2, -0.15) is 0 Å². The summed E-state index contributed by atoms with van der Waals surface area (Å²) in [5.74, 6) is -0.0833. The third-order valence-electron chi connectivity index (χ3n) is 3.08. The fourth-order valence-corrected chi connectivity index (χ4v) is 2.29. The largest absolute Gasteiger partial charge is 0.477 e. The fourth-order valence-electron chi connectivity index (χ4n) is 2.29. The number of rotatable bonds is 2. The van der Waals surface area contributed by atoms with Crippen molar-refractivity contribution in [3.8, 4) is 0 Å². The van der Waals surface area contributed by atoms with Crippen molar-refractivity contribution >= 4 is 5.97 Å². The quantitative estimate of drug-likeness (QED) is 0.813. The molecular weight excluding hydrogens is 194 g/mol. The third-order valence-corrected chi connectivity index (χ3v) is 3.08. The number of carboxylic acid groups (broad SMARTS) is 1. The maximum absolute atomic E-state index is 11.0. The number of carbonyl (C=O) groups is 1. The van der Waals surface area contributed by atoms with Gasteiger partial charge in [0.05, 0.1) is 5.69 Å². The van der Waals surface area contributed by atoms with Crippen molar-refractivity contribution in [2.45, 2.75) is 44.9 Å². The lowest BCUT2D eigenvalue weighted by Gasteiger charge is -2.19. The van der Waals surface area contributed by atoms with E-state index in [1.165, 1.54) is 6.42 Å². The number of aryl methyl sites for hydroxylation is 1. The highest BCUT2D eigenvalue weighted by Gasteiger charge is 2.27. The molecule has 0 saturated heterocycles. The molecule has 0 radical (unpaired) electrons. The molecule has 2 rings (SSSR count). The van der Waals surface area contributed by atoms with Crippen LogP contribution in [0, 0.1) is 6.92 Å². The molecule has 1 N–H and O–H groups in total. The maximum Gasteiger partial charge on any atom is 0.341 e. The topological polar surface area (TPSA) is 63.3 Å². The van der Waals surface area contributed by atoms with Gasteiger partial charge in [-0.15, -0.1) is 0 Å². The van der Waals surface area contributed by atoms with E-state index in [1.54, 1.807) is 6.92 Å². The van der Waals surface area contributed by atoms with Crippen LogP contribution >= 0.6 is 0 Å². The first-order chi connectivity index (χ1) is 7.20. The van der Waals surface area contributed by atoms with Crippen molar-refractivity contribution in [2.75, 3.05) is 0 Å². The molecule has 4 nitrogen and oxygen atoms in total. The number of hydrogen-bond donors (Lipinski definition) is 1. The second-order valence-corrected chi connectivity index (χ2v) is 4.15. The molecule has 1 aromatic heterocycles. The predicted molar refractivity (Wildman–Crippen MR) is 54.0 cm³/mol. The molecule has 1 aliphatic rings. The number of nitrogens with zero attached hydrogens (tertiary/aromatic N) is 1. The van der Waals surface area contributed by atoms with E-state index in [1.807, 2.05) is 0 Å². The molecule has 15 heavy (non-hydrogen) atoms. The van der Waals surface area contributed by atoms with Crippen molar-refractivity contribution in [3.05, 3.63) is 17.0 Å². The molecule has 0 unspecified atom stereocenters. The molecule has 0 atom stereocenters. The van der Waals surface area contributed by atoms with Crippen LogP contribution in [0.1, 0.15) is 59.8 Å². The standard InChI is InChI=1S/C11H15NO3/c1-7-9(11(13)14)10(15-12-7)8-5-3-2-4-6-8/h8H,2-6H2,1H3,(H,13,14). The Kier molecular flexibility index (Phi) is 2.75. The Hall–Kier alpha value is -1.32. The summed E-state index contributed by atoms with van der Waals surface area (Å²) in [4.78, 5) is 11.0. The van der Waals surface area contributed by atoms with Crippen LogP contribution in [0.25, 0.3) is 0 Å². The van der Waals surface area contributed by atoms with E-state index in [4.69, 9.17) is 9.63 Å². The van der Waals surface area contributed by atoms with Crippen molar-refractivity contribution in [1.29, 1.82) is 0 Å². The Labute approximate surface area is 88.3 Å². The Morgan fingerprint density at radius 3 is 2.67 bits per heavy atom. The second kappa shape index (κ2) is 4.04. The minimum absolute atomic E-state index is 0.256. The van der Waals surface area contributed by atoms with Gasteiger partial charge in [-0.25, -0.2) is 4.79 Å². The molecular formula is C11H15NO3. The Morgan fingerprint density at radius 1 is 1.40 bits per heavy atom. The summed E-state index contributed by atoms with van der Waals surface area (Å²) in [5, 5.41) is 12.8. The number of aromatic carboxylic acids is 1. The third kappa shape index (κ3) is 1.89. The minimum atomic E-state index is -0.922. The summed E-state index contributed by atoms with van der Waals surface area (Å²) < 4.78 is 5.17. The van der Waals surface area contributed by atoms with Gasteiger partial charge in [0.15, 0.2) is 5.76 Å². The SMILES string of the molecule is Cc1noc(C2CCCCC2)c1C(=O)O. The zero-order valence-corrected chi connectivity index (χ0v) is 8.82. The van der Waals surface area contributed by atoms with Gasteiger partial charge in [0.2, 0.25) is 0 Å². The first kappa shape index (κ1) is 10.2. The Morgan fingerprint density at radius 2 is 2.07 bits per heavy atom. The van der Waals surface area contributed by atoms with Gasteiger partial charge in [-0.1, -0.05) is 24.4 Å². The molecule has 1 saturated carbocycles. The van der Waals surface area contributed by atoms with Crippen LogP contribution in [0.2, 0.25) is 0 Å². The molecule has 82 valence electrons. The molecule has 1 heterocycles. The highest BCUT2D eigenvalue weighted by molar-refractivity contribution is 5.90.